The average molecular weight is 259 g/mol. The fourth-order valence-corrected chi connectivity index (χ4v) is 4.03. The normalized spacial score (nSPS) is 31.8. The Morgan fingerprint density at radius 3 is 2.74 bits per heavy atom. The number of hydrogen-bond acceptors (Lipinski definition) is 2. The van der Waals surface area contributed by atoms with Crippen molar-refractivity contribution in [2.75, 3.05) is 6.61 Å². The van der Waals surface area contributed by atoms with E-state index in [2.05, 4.69) is 50.4 Å². The van der Waals surface area contributed by atoms with Gasteiger partial charge in [0.2, 0.25) is 0 Å². The van der Waals surface area contributed by atoms with Gasteiger partial charge in [0.05, 0.1) is 6.10 Å². The smallest absolute Gasteiger partial charge is 0.0685 e. The highest BCUT2D eigenvalue weighted by molar-refractivity contribution is 5.27. The van der Waals surface area contributed by atoms with Gasteiger partial charge in [-0.2, -0.15) is 0 Å². The van der Waals surface area contributed by atoms with E-state index in [0.29, 0.717) is 12.1 Å². The summed E-state index contributed by atoms with van der Waals surface area (Å²) in [5.74, 6) is 0.726. The second-order valence-corrected chi connectivity index (χ2v) is 6.55. The van der Waals surface area contributed by atoms with Gasteiger partial charge in [0.25, 0.3) is 0 Å². The number of benzene rings is 1. The molecule has 0 amide bonds. The van der Waals surface area contributed by atoms with Crippen molar-refractivity contribution in [1.29, 1.82) is 0 Å². The molecule has 1 aromatic rings. The number of fused-ring (bicyclic) bond motifs is 1. The van der Waals surface area contributed by atoms with Crippen LogP contribution < -0.4 is 5.32 Å². The quantitative estimate of drug-likeness (QED) is 0.897. The number of rotatable bonds is 4. The highest BCUT2D eigenvalue weighted by atomic mass is 16.5. The average Bonchev–Trinajstić information content (AvgIpc) is 2.86. The van der Waals surface area contributed by atoms with Crippen LogP contribution in [0.25, 0.3) is 0 Å². The van der Waals surface area contributed by atoms with Gasteiger partial charge in [0, 0.05) is 30.5 Å². The van der Waals surface area contributed by atoms with E-state index in [9.17, 15) is 0 Å². The Balaban J connectivity index is 1.66. The van der Waals surface area contributed by atoms with E-state index < -0.39 is 0 Å². The SMILES string of the molecule is CCc1ccccc1CNC1C2CCOC2C1(C)C. The minimum atomic E-state index is 0.280. The lowest BCUT2D eigenvalue weighted by Crippen LogP contribution is -2.65. The molecule has 3 atom stereocenters. The van der Waals surface area contributed by atoms with Crippen molar-refractivity contribution in [1.82, 2.24) is 5.32 Å². The predicted octanol–water partition coefficient (Wildman–Crippen LogP) is 3.15. The summed E-state index contributed by atoms with van der Waals surface area (Å²) in [6.07, 6.45) is 2.81. The molecule has 1 saturated heterocycles. The van der Waals surface area contributed by atoms with Crippen LogP contribution in [-0.2, 0) is 17.7 Å². The lowest BCUT2D eigenvalue weighted by atomic mass is 9.57. The summed E-state index contributed by atoms with van der Waals surface area (Å²) in [6, 6.07) is 9.37. The molecule has 0 spiro atoms. The number of aryl methyl sites for hydroxylation is 1. The van der Waals surface area contributed by atoms with Crippen molar-refractivity contribution in [3.8, 4) is 0 Å². The minimum absolute atomic E-state index is 0.280. The zero-order valence-electron chi connectivity index (χ0n) is 12.3. The molecule has 2 heteroatoms. The maximum atomic E-state index is 5.85. The summed E-state index contributed by atoms with van der Waals surface area (Å²) in [7, 11) is 0. The Hall–Kier alpha value is -0.860. The van der Waals surface area contributed by atoms with E-state index in [1.165, 1.54) is 17.5 Å². The van der Waals surface area contributed by atoms with Crippen LogP contribution in [0, 0.1) is 11.3 Å². The topological polar surface area (TPSA) is 21.3 Å². The molecular formula is C17H25NO. The summed E-state index contributed by atoms with van der Waals surface area (Å²) < 4.78 is 5.85. The Bertz CT molecular complexity index is 454. The Morgan fingerprint density at radius 2 is 2.00 bits per heavy atom. The van der Waals surface area contributed by atoms with Crippen LogP contribution in [0.2, 0.25) is 0 Å². The van der Waals surface area contributed by atoms with Gasteiger partial charge in [-0.25, -0.2) is 0 Å². The van der Waals surface area contributed by atoms with Crippen molar-refractivity contribution in [3.63, 3.8) is 0 Å². The second-order valence-electron chi connectivity index (χ2n) is 6.55. The van der Waals surface area contributed by atoms with E-state index in [1.54, 1.807) is 0 Å². The first kappa shape index (κ1) is 13.1. The third-order valence-electron chi connectivity index (χ3n) is 5.11. The number of hydrogen-bond donors (Lipinski definition) is 1. The monoisotopic (exact) mass is 259 g/mol. The highest BCUT2D eigenvalue weighted by Gasteiger charge is 2.58. The molecule has 0 bridgehead atoms. The van der Waals surface area contributed by atoms with Gasteiger partial charge in [-0.05, 0) is 24.0 Å². The van der Waals surface area contributed by atoms with E-state index in [4.69, 9.17) is 4.74 Å². The van der Waals surface area contributed by atoms with Crippen molar-refractivity contribution < 1.29 is 4.74 Å². The van der Waals surface area contributed by atoms with Crippen molar-refractivity contribution in [2.24, 2.45) is 11.3 Å². The molecule has 2 fully saturated rings. The van der Waals surface area contributed by atoms with Gasteiger partial charge in [0.1, 0.15) is 0 Å². The van der Waals surface area contributed by atoms with Gasteiger partial charge in [-0.1, -0.05) is 45.0 Å². The summed E-state index contributed by atoms with van der Waals surface area (Å²) in [4.78, 5) is 0. The molecule has 1 aromatic carbocycles. The number of ether oxygens (including phenoxy) is 1. The molecule has 0 aromatic heterocycles. The third kappa shape index (κ3) is 2.11. The Labute approximate surface area is 116 Å². The first-order valence-electron chi connectivity index (χ1n) is 7.56. The van der Waals surface area contributed by atoms with Crippen LogP contribution in [0.1, 0.15) is 38.3 Å². The molecule has 2 aliphatic rings. The van der Waals surface area contributed by atoms with Gasteiger partial charge in [0.15, 0.2) is 0 Å². The third-order valence-corrected chi connectivity index (χ3v) is 5.11. The molecule has 2 nitrogen and oxygen atoms in total. The first-order valence-corrected chi connectivity index (χ1v) is 7.56. The summed E-state index contributed by atoms with van der Waals surface area (Å²) in [5.41, 5.74) is 3.19. The van der Waals surface area contributed by atoms with E-state index in [0.717, 1.165) is 25.5 Å². The molecule has 1 saturated carbocycles. The zero-order chi connectivity index (χ0) is 13.5. The lowest BCUT2D eigenvalue weighted by Gasteiger charge is -2.55. The molecular weight excluding hydrogens is 234 g/mol. The zero-order valence-corrected chi connectivity index (χ0v) is 12.3. The Morgan fingerprint density at radius 1 is 1.26 bits per heavy atom. The molecule has 3 rings (SSSR count). The molecule has 19 heavy (non-hydrogen) atoms. The second kappa shape index (κ2) is 4.92. The summed E-state index contributed by atoms with van der Waals surface area (Å²) >= 11 is 0. The van der Waals surface area contributed by atoms with E-state index in [-0.39, 0.29) is 5.41 Å². The molecule has 1 aliphatic heterocycles. The maximum Gasteiger partial charge on any atom is 0.0685 e. The van der Waals surface area contributed by atoms with Gasteiger partial charge < -0.3 is 10.1 Å². The van der Waals surface area contributed by atoms with Gasteiger partial charge >= 0.3 is 0 Å². The van der Waals surface area contributed by atoms with Crippen LogP contribution in [-0.4, -0.2) is 18.8 Å². The summed E-state index contributed by atoms with van der Waals surface area (Å²) in [6.45, 7) is 8.84. The molecule has 0 radical (unpaired) electrons. The van der Waals surface area contributed by atoms with Crippen LogP contribution >= 0.6 is 0 Å². The summed E-state index contributed by atoms with van der Waals surface area (Å²) in [5, 5.41) is 3.79. The molecule has 3 unspecified atom stereocenters. The lowest BCUT2D eigenvalue weighted by molar-refractivity contribution is -0.113. The molecule has 1 aliphatic carbocycles. The van der Waals surface area contributed by atoms with Gasteiger partial charge in [-0.3, -0.25) is 0 Å². The first-order chi connectivity index (χ1) is 9.14. The molecule has 1 heterocycles. The largest absolute Gasteiger partial charge is 0.377 e. The van der Waals surface area contributed by atoms with Crippen molar-refractivity contribution in [2.45, 2.75) is 52.3 Å². The molecule has 104 valence electrons. The maximum absolute atomic E-state index is 5.85. The number of nitrogens with one attached hydrogen (secondary N) is 1. The highest BCUT2D eigenvalue weighted by Crippen LogP contribution is 2.52. The standard InChI is InChI=1S/C17H25NO/c1-4-12-7-5-6-8-13(12)11-18-15-14-9-10-19-16(14)17(15,2)3/h5-8,14-16,18H,4,9-11H2,1-3H3. The van der Waals surface area contributed by atoms with Crippen molar-refractivity contribution in [3.05, 3.63) is 35.4 Å². The minimum Gasteiger partial charge on any atom is -0.377 e. The molecule has 1 N–H and O–H groups in total. The fourth-order valence-electron chi connectivity index (χ4n) is 4.03. The van der Waals surface area contributed by atoms with Crippen LogP contribution in [0.15, 0.2) is 24.3 Å². The predicted molar refractivity (Wildman–Crippen MR) is 78.1 cm³/mol. The van der Waals surface area contributed by atoms with E-state index in [1.807, 2.05) is 0 Å². The van der Waals surface area contributed by atoms with Crippen LogP contribution in [0.5, 0.6) is 0 Å². The van der Waals surface area contributed by atoms with Gasteiger partial charge in [-0.15, -0.1) is 0 Å². The van der Waals surface area contributed by atoms with Crippen LogP contribution in [0.3, 0.4) is 0 Å². The Kier molecular flexibility index (Phi) is 3.40. The van der Waals surface area contributed by atoms with Crippen LogP contribution in [0.4, 0.5) is 0 Å². The van der Waals surface area contributed by atoms with E-state index >= 15 is 0 Å². The fraction of sp³-hybridized carbons (Fsp3) is 0.647. The van der Waals surface area contributed by atoms with Crippen molar-refractivity contribution >= 4 is 0 Å².